The number of benzene rings is 1. The maximum atomic E-state index is 12.5. The molecule has 0 aliphatic carbocycles. The summed E-state index contributed by atoms with van der Waals surface area (Å²) >= 11 is 0. The Labute approximate surface area is 144 Å². The Morgan fingerprint density at radius 3 is 2.67 bits per heavy atom. The Morgan fingerprint density at radius 1 is 1.33 bits per heavy atom. The summed E-state index contributed by atoms with van der Waals surface area (Å²) in [5.74, 6) is 1.07. The molecule has 0 bridgehead atoms. The lowest BCUT2D eigenvalue weighted by atomic mass is 9.97. The molecule has 1 unspecified atom stereocenters. The van der Waals surface area contributed by atoms with E-state index in [1.807, 2.05) is 36.1 Å². The zero-order chi connectivity index (χ0) is 17.6. The zero-order valence-corrected chi connectivity index (χ0v) is 15.1. The van der Waals surface area contributed by atoms with Crippen molar-refractivity contribution in [1.29, 1.82) is 0 Å². The van der Waals surface area contributed by atoms with E-state index in [0.717, 1.165) is 37.0 Å². The van der Waals surface area contributed by atoms with Gasteiger partial charge in [-0.3, -0.25) is 4.79 Å². The first-order valence-electron chi connectivity index (χ1n) is 8.31. The number of rotatable bonds is 7. The average Bonchev–Trinajstić information content (AvgIpc) is 2.55. The SMILES string of the molecule is CCOc1ccc(CC(=O)N2CCCC(CNS(C)(=O)=O)C2)cc1. The molecule has 0 radical (unpaired) electrons. The third-order valence-corrected chi connectivity index (χ3v) is 4.79. The number of amides is 1. The van der Waals surface area contributed by atoms with Crippen molar-refractivity contribution in [3.8, 4) is 5.75 Å². The Morgan fingerprint density at radius 2 is 2.04 bits per heavy atom. The highest BCUT2D eigenvalue weighted by atomic mass is 32.2. The molecule has 1 aromatic rings. The van der Waals surface area contributed by atoms with Gasteiger partial charge < -0.3 is 9.64 Å². The quantitative estimate of drug-likeness (QED) is 0.803. The van der Waals surface area contributed by atoms with E-state index in [-0.39, 0.29) is 11.8 Å². The highest BCUT2D eigenvalue weighted by molar-refractivity contribution is 7.88. The van der Waals surface area contributed by atoms with Crippen molar-refractivity contribution in [3.63, 3.8) is 0 Å². The summed E-state index contributed by atoms with van der Waals surface area (Å²) in [5, 5.41) is 0. The molecule has 1 saturated heterocycles. The predicted molar refractivity (Wildman–Crippen MR) is 93.5 cm³/mol. The van der Waals surface area contributed by atoms with Crippen molar-refractivity contribution < 1.29 is 17.9 Å². The monoisotopic (exact) mass is 354 g/mol. The number of nitrogens with one attached hydrogen (secondary N) is 1. The lowest BCUT2D eigenvalue weighted by Crippen LogP contribution is -2.44. The summed E-state index contributed by atoms with van der Waals surface area (Å²) in [6.07, 6.45) is 3.36. The van der Waals surface area contributed by atoms with Crippen molar-refractivity contribution in [2.75, 3.05) is 32.5 Å². The number of likely N-dealkylation sites (tertiary alicyclic amines) is 1. The van der Waals surface area contributed by atoms with Gasteiger partial charge in [0, 0.05) is 19.6 Å². The molecular weight excluding hydrogens is 328 g/mol. The second kappa shape index (κ2) is 8.48. The van der Waals surface area contributed by atoms with Gasteiger partial charge in [0.15, 0.2) is 0 Å². The third-order valence-electron chi connectivity index (χ3n) is 4.10. The first-order valence-corrected chi connectivity index (χ1v) is 10.2. The van der Waals surface area contributed by atoms with Crippen molar-refractivity contribution in [2.45, 2.75) is 26.2 Å². The van der Waals surface area contributed by atoms with E-state index in [1.165, 1.54) is 0 Å². The van der Waals surface area contributed by atoms with E-state index in [2.05, 4.69) is 4.72 Å². The summed E-state index contributed by atoms with van der Waals surface area (Å²) in [7, 11) is -3.18. The second-order valence-electron chi connectivity index (χ2n) is 6.22. The first kappa shape index (κ1) is 18.7. The van der Waals surface area contributed by atoms with Crippen LogP contribution in [-0.4, -0.2) is 51.7 Å². The molecular formula is C17H26N2O4S. The summed E-state index contributed by atoms with van der Waals surface area (Å²) in [4.78, 5) is 14.3. The molecule has 1 aromatic carbocycles. The third kappa shape index (κ3) is 6.13. The summed E-state index contributed by atoms with van der Waals surface area (Å²) in [6, 6.07) is 7.58. The van der Waals surface area contributed by atoms with Crippen LogP contribution in [0.5, 0.6) is 5.75 Å². The average molecular weight is 354 g/mol. The molecule has 0 saturated carbocycles. The minimum Gasteiger partial charge on any atom is -0.494 e. The molecule has 24 heavy (non-hydrogen) atoms. The van der Waals surface area contributed by atoms with Gasteiger partial charge >= 0.3 is 0 Å². The summed E-state index contributed by atoms with van der Waals surface area (Å²) in [5.41, 5.74) is 0.958. The van der Waals surface area contributed by atoms with Crippen LogP contribution in [0.4, 0.5) is 0 Å². The molecule has 134 valence electrons. The molecule has 1 atom stereocenters. The number of hydrogen-bond donors (Lipinski definition) is 1. The molecule has 0 aromatic heterocycles. The van der Waals surface area contributed by atoms with Gasteiger partial charge in [0.2, 0.25) is 15.9 Å². The standard InChI is InChI=1S/C17H26N2O4S/c1-3-23-16-8-6-14(7-9-16)11-17(20)19-10-4-5-15(13-19)12-18-24(2,21)22/h6-9,15,18H,3-5,10-13H2,1-2H3. The van der Waals surface area contributed by atoms with Crippen LogP contribution in [0.2, 0.25) is 0 Å². The van der Waals surface area contributed by atoms with Crippen LogP contribution in [0, 0.1) is 5.92 Å². The van der Waals surface area contributed by atoms with Gasteiger partial charge in [0.1, 0.15) is 5.75 Å². The van der Waals surface area contributed by atoms with Gasteiger partial charge in [-0.25, -0.2) is 13.1 Å². The number of carbonyl (C=O) groups excluding carboxylic acids is 1. The number of carbonyl (C=O) groups is 1. The molecule has 2 rings (SSSR count). The van der Waals surface area contributed by atoms with Gasteiger partial charge in [0.05, 0.1) is 19.3 Å². The molecule has 6 nitrogen and oxygen atoms in total. The number of ether oxygens (including phenoxy) is 1. The fourth-order valence-corrected chi connectivity index (χ4v) is 3.42. The van der Waals surface area contributed by atoms with E-state index >= 15 is 0 Å². The molecule has 1 aliphatic heterocycles. The van der Waals surface area contributed by atoms with Gasteiger partial charge in [-0.15, -0.1) is 0 Å². The van der Waals surface area contributed by atoms with Crippen LogP contribution in [0.1, 0.15) is 25.3 Å². The summed E-state index contributed by atoms with van der Waals surface area (Å²) in [6.45, 7) is 4.30. The minimum atomic E-state index is -3.18. The van der Waals surface area contributed by atoms with E-state index in [0.29, 0.717) is 26.1 Å². The Bertz CT molecular complexity index is 643. The number of nitrogens with zero attached hydrogens (tertiary/aromatic N) is 1. The highest BCUT2D eigenvalue weighted by Crippen LogP contribution is 2.18. The van der Waals surface area contributed by atoms with Crippen molar-refractivity contribution in [1.82, 2.24) is 9.62 Å². The molecule has 7 heteroatoms. The predicted octanol–water partition coefficient (Wildman–Crippen LogP) is 1.42. The van der Waals surface area contributed by atoms with Crippen LogP contribution in [0.25, 0.3) is 0 Å². The molecule has 1 amide bonds. The van der Waals surface area contributed by atoms with E-state index < -0.39 is 10.0 Å². The highest BCUT2D eigenvalue weighted by Gasteiger charge is 2.24. The fraction of sp³-hybridized carbons (Fsp3) is 0.588. The lowest BCUT2D eigenvalue weighted by Gasteiger charge is -2.33. The molecule has 1 aliphatic rings. The zero-order valence-electron chi connectivity index (χ0n) is 14.3. The van der Waals surface area contributed by atoms with E-state index in [1.54, 1.807) is 0 Å². The molecule has 0 spiro atoms. The van der Waals surface area contributed by atoms with Gasteiger partial charge in [-0.2, -0.15) is 0 Å². The van der Waals surface area contributed by atoms with E-state index in [4.69, 9.17) is 4.74 Å². The topological polar surface area (TPSA) is 75.7 Å². The van der Waals surface area contributed by atoms with Crippen LogP contribution >= 0.6 is 0 Å². The fourth-order valence-electron chi connectivity index (χ4n) is 2.88. The molecule has 1 heterocycles. The van der Waals surface area contributed by atoms with Crippen LogP contribution < -0.4 is 9.46 Å². The van der Waals surface area contributed by atoms with E-state index in [9.17, 15) is 13.2 Å². The van der Waals surface area contributed by atoms with Gasteiger partial charge in [-0.1, -0.05) is 12.1 Å². The second-order valence-corrected chi connectivity index (χ2v) is 8.06. The van der Waals surface area contributed by atoms with Crippen molar-refractivity contribution in [2.24, 2.45) is 5.92 Å². The number of hydrogen-bond acceptors (Lipinski definition) is 4. The normalized spacial score (nSPS) is 18.4. The van der Waals surface area contributed by atoms with Crippen molar-refractivity contribution >= 4 is 15.9 Å². The number of sulfonamides is 1. The largest absolute Gasteiger partial charge is 0.494 e. The van der Waals surface area contributed by atoms with Crippen LogP contribution in [0.3, 0.4) is 0 Å². The van der Waals surface area contributed by atoms with Gasteiger partial charge in [-0.05, 0) is 43.4 Å². The number of piperidine rings is 1. The van der Waals surface area contributed by atoms with Crippen molar-refractivity contribution in [3.05, 3.63) is 29.8 Å². The van der Waals surface area contributed by atoms with Gasteiger partial charge in [0.25, 0.3) is 0 Å². The summed E-state index contributed by atoms with van der Waals surface area (Å²) < 4.78 is 30.3. The lowest BCUT2D eigenvalue weighted by molar-refractivity contribution is -0.132. The Kier molecular flexibility index (Phi) is 6.62. The first-order chi connectivity index (χ1) is 11.4. The maximum absolute atomic E-state index is 12.5. The smallest absolute Gasteiger partial charge is 0.226 e. The Balaban J connectivity index is 1.87. The van der Waals surface area contributed by atoms with Crippen LogP contribution in [0.15, 0.2) is 24.3 Å². The molecule has 1 N–H and O–H groups in total. The maximum Gasteiger partial charge on any atom is 0.226 e. The Hall–Kier alpha value is -1.60. The van der Waals surface area contributed by atoms with Crippen LogP contribution in [-0.2, 0) is 21.2 Å². The minimum absolute atomic E-state index is 0.0863. The molecule has 1 fully saturated rings.